The quantitative estimate of drug-likeness (QED) is 0.0584. The Labute approximate surface area is 301 Å². The van der Waals surface area contributed by atoms with Crippen LogP contribution in [0, 0.1) is 5.92 Å². The molecule has 0 bridgehead atoms. The van der Waals surface area contributed by atoms with Gasteiger partial charge in [-0.2, -0.15) is 0 Å². The summed E-state index contributed by atoms with van der Waals surface area (Å²) in [5.74, 6) is 0.753. The Balaban J connectivity index is 1.51. The number of hydrogen-bond donors (Lipinski definition) is 0. The third-order valence-electron chi connectivity index (χ3n) is 10.5. The molecule has 9 heteroatoms. The Morgan fingerprint density at radius 1 is 0.347 bits per heavy atom. The van der Waals surface area contributed by atoms with Crippen molar-refractivity contribution in [2.24, 2.45) is 5.92 Å². The molecule has 0 heterocycles. The van der Waals surface area contributed by atoms with E-state index in [0.29, 0.717) is 0 Å². The molecule has 0 unspecified atom stereocenters. The lowest BCUT2D eigenvalue weighted by Crippen LogP contribution is -2.52. The van der Waals surface area contributed by atoms with Crippen molar-refractivity contribution >= 4 is 41.2 Å². The highest BCUT2D eigenvalue weighted by Gasteiger charge is 2.39. The normalized spacial score (nSPS) is 12.6. The van der Waals surface area contributed by atoms with Crippen LogP contribution in [0.15, 0.2) is 91.0 Å². The zero-order valence-corrected chi connectivity index (χ0v) is 34.3. The van der Waals surface area contributed by atoms with Crippen molar-refractivity contribution in [1.29, 1.82) is 0 Å². The Bertz CT molecular complexity index is 1080. The summed E-state index contributed by atoms with van der Waals surface area (Å²) >= 11 is 0. The van der Waals surface area contributed by atoms with E-state index in [9.17, 15) is 0 Å². The SMILES string of the molecule is CO[Si](CCCCCC(CCCCC[Si](OC)(OC)c1ccccc1)CCCCC[Si](OC)(OC)c1ccccc1)(OC)c1ccccc1. The summed E-state index contributed by atoms with van der Waals surface area (Å²) < 4.78 is 36.5. The molecule has 0 aromatic heterocycles. The second-order valence-corrected chi connectivity index (χ2v) is 23.4. The summed E-state index contributed by atoms with van der Waals surface area (Å²) in [7, 11) is 3.74. The lowest BCUT2D eigenvalue weighted by Gasteiger charge is -2.28. The van der Waals surface area contributed by atoms with Crippen LogP contribution in [-0.4, -0.2) is 68.3 Å². The van der Waals surface area contributed by atoms with Crippen LogP contribution in [0.5, 0.6) is 0 Å². The average Bonchev–Trinajstić information content (AvgIpc) is 3.17. The minimum Gasteiger partial charge on any atom is -0.394 e. The van der Waals surface area contributed by atoms with Crippen molar-refractivity contribution in [3.8, 4) is 0 Å². The Kier molecular flexibility index (Phi) is 19.3. The maximum Gasteiger partial charge on any atom is 0.371 e. The van der Waals surface area contributed by atoms with Gasteiger partial charge in [-0.25, -0.2) is 0 Å². The highest BCUT2D eigenvalue weighted by molar-refractivity contribution is 6.82. The predicted molar refractivity (Wildman–Crippen MR) is 211 cm³/mol. The third kappa shape index (κ3) is 12.4. The van der Waals surface area contributed by atoms with Crippen molar-refractivity contribution < 1.29 is 26.6 Å². The van der Waals surface area contributed by atoms with E-state index in [1.165, 1.54) is 73.3 Å². The first-order valence-corrected chi connectivity index (χ1v) is 24.5. The maximum absolute atomic E-state index is 6.08. The Morgan fingerprint density at radius 3 is 0.816 bits per heavy atom. The number of rotatable bonds is 27. The molecule has 3 aromatic carbocycles. The van der Waals surface area contributed by atoms with Gasteiger partial charge in [0, 0.05) is 42.7 Å². The highest BCUT2D eigenvalue weighted by atomic mass is 28.4. The molecule has 49 heavy (non-hydrogen) atoms. The third-order valence-corrected chi connectivity index (χ3v) is 21.1. The second kappa shape index (κ2) is 22.8. The van der Waals surface area contributed by atoms with Gasteiger partial charge in [0.2, 0.25) is 0 Å². The lowest BCUT2D eigenvalue weighted by atomic mass is 9.90. The molecule has 3 aromatic rings. The summed E-state index contributed by atoms with van der Waals surface area (Å²) in [5.41, 5.74) is 0. The van der Waals surface area contributed by atoms with Gasteiger partial charge in [-0.15, -0.1) is 0 Å². The van der Waals surface area contributed by atoms with Crippen molar-refractivity contribution in [1.82, 2.24) is 0 Å². The van der Waals surface area contributed by atoms with Crippen molar-refractivity contribution in [3.05, 3.63) is 91.0 Å². The van der Waals surface area contributed by atoms with E-state index in [1.807, 2.05) is 42.7 Å². The van der Waals surface area contributed by atoms with E-state index >= 15 is 0 Å². The largest absolute Gasteiger partial charge is 0.394 e. The van der Waals surface area contributed by atoms with Crippen molar-refractivity contribution in [3.63, 3.8) is 0 Å². The van der Waals surface area contributed by atoms with Crippen LogP contribution < -0.4 is 15.6 Å². The number of benzene rings is 3. The van der Waals surface area contributed by atoms with Crippen LogP contribution >= 0.6 is 0 Å². The van der Waals surface area contributed by atoms with Gasteiger partial charge in [0.1, 0.15) is 0 Å². The summed E-state index contributed by atoms with van der Waals surface area (Å²) in [6.45, 7) is 0. The summed E-state index contributed by atoms with van der Waals surface area (Å²) in [6.07, 6.45) is 14.7. The van der Waals surface area contributed by atoms with E-state index in [1.54, 1.807) is 0 Å². The second-order valence-electron chi connectivity index (χ2n) is 13.2. The van der Waals surface area contributed by atoms with Gasteiger partial charge in [0.25, 0.3) is 0 Å². The Morgan fingerprint density at radius 2 is 0.592 bits per heavy atom. The molecule has 0 aliphatic carbocycles. The molecule has 0 fully saturated rings. The molecule has 0 aliphatic heterocycles. The van der Waals surface area contributed by atoms with E-state index in [0.717, 1.165) is 43.3 Å². The number of hydrogen-bond acceptors (Lipinski definition) is 6. The first-order chi connectivity index (χ1) is 24.0. The van der Waals surface area contributed by atoms with E-state index < -0.39 is 25.7 Å². The van der Waals surface area contributed by atoms with E-state index in [-0.39, 0.29) is 0 Å². The fourth-order valence-corrected chi connectivity index (χ4v) is 15.7. The molecule has 6 nitrogen and oxygen atoms in total. The minimum atomic E-state index is -2.38. The fourth-order valence-electron chi connectivity index (χ4n) is 7.41. The summed E-state index contributed by atoms with van der Waals surface area (Å²) in [5, 5.41) is 3.67. The minimum absolute atomic E-state index is 0.753. The van der Waals surface area contributed by atoms with Crippen molar-refractivity contribution in [2.45, 2.75) is 95.2 Å². The summed E-state index contributed by atoms with van der Waals surface area (Å²) in [6, 6.07) is 34.6. The average molecular weight is 725 g/mol. The lowest BCUT2D eigenvalue weighted by molar-refractivity contribution is 0.255. The van der Waals surface area contributed by atoms with Crippen LogP contribution in [0.1, 0.15) is 77.0 Å². The van der Waals surface area contributed by atoms with Crippen molar-refractivity contribution in [2.75, 3.05) is 42.7 Å². The molecule has 0 saturated heterocycles. The van der Waals surface area contributed by atoms with Gasteiger partial charge in [-0.3, -0.25) is 0 Å². The van der Waals surface area contributed by atoms with Crippen LogP contribution in [0.3, 0.4) is 0 Å². The van der Waals surface area contributed by atoms with Gasteiger partial charge >= 0.3 is 25.7 Å². The van der Waals surface area contributed by atoms with E-state index in [2.05, 4.69) is 91.0 Å². The first-order valence-electron chi connectivity index (χ1n) is 18.4. The molecular formula is C40H64O6Si3. The van der Waals surface area contributed by atoms with Gasteiger partial charge < -0.3 is 26.6 Å². The van der Waals surface area contributed by atoms with E-state index in [4.69, 9.17) is 26.6 Å². The highest BCUT2D eigenvalue weighted by Crippen LogP contribution is 2.27. The van der Waals surface area contributed by atoms with Crippen LogP contribution in [0.2, 0.25) is 18.1 Å². The molecule has 0 atom stereocenters. The van der Waals surface area contributed by atoms with Gasteiger partial charge in [0.15, 0.2) is 0 Å². The maximum atomic E-state index is 6.08. The van der Waals surface area contributed by atoms with Crippen LogP contribution in [0.25, 0.3) is 0 Å². The van der Waals surface area contributed by atoms with Gasteiger partial charge in [-0.05, 0) is 39.6 Å². The van der Waals surface area contributed by atoms with Gasteiger partial charge in [0.05, 0.1) is 0 Å². The molecule has 0 spiro atoms. The standard InChI is InChI=1S/C40H64O6Si3/c1-41-47(42-2,38-28-16-7-17-29-38)34-22-10-13-25-37(26-14-11-23-35-48(43-3,44-4)39-30-18-8-19-31-39)27-15-12-24-36-49(45-5,46-6)40-32-20-9-21-33-40/h7-9,16-21,28-33,37H,10-15,22-27,34-36H2,1-6H3. The molecule has 0 N–H and O–H groups in total. The van der Waals surface area contributed by atoms with Crippen LogP contribution in [-0.2, 0) is 26.6 Å². The smallest absolute Gasteiger partial charge is 0.371 e. The van der Waals surface area contributed by atoms with Crippen LogP contribution in [0.4, 0.5) is 0 Å². The molecule has 0 saturated carbocycles. The molecule has 0 aliphatic rings. The Hall–Kier alpha value is -1.93. The molecule has 0 amide bonds. The molecule has 272 valence electrons. The number of unbranched alkanes of at least 4 members (excludes halogenated alkanes) is 6. The molecular weight excluding hydrogens is 661 g/mol. The predicted octanol–water partition coefficient (Wildman–Crippen LogP) is 8.21. The summed E-state index contributed by atoms with van der Waals surface area (Å²) in [4.78, 5) is 0. The monoisotopic (exact) mass is 724 g/mol. The zero-order valence-electron chi connectivity index (χ0n) is 31.3. The first kappa shape index (κ1) is 41.5. The molecule has 0 radical (unpaired) electrons. The zero-order chi connectivity index (χ0) is 35.3. The fraction of sp³-hybridized carbons (Fsp3) is 0.550. The van der Waals surface area contributed by atoms with Gasteiger partial charge in [-0.1, -0.05) is 168 Å². The molecule has 3 rings (SSSR count). The topological polar surface area (TPSA) is 55.4 Å².